The SMILES string of the molecule is Cc1cccc(C(C)N2CCCCC2C(=O)O)n1. The van der Waals surface area contributed by atoms with Crippen molar-refractivity contribution in [1.82, 2.24) is 9.88 Å². The Morgan fingerprint density at radius 3 is 2.94 bits per heavy atom. The van der Waals surface area contributed by atoms with Gasteiger partial charge >= 0.3 is 5.97 Å². The van der Waals surface area contributed by atoms with Gasteiger partial charge in [-0.15, -0.1) is 0 Å². The molecule has 1 aromatic rings. The van der Waals surface area contributed by atoms with Crippen LogP contribution in [0.5, 0.6) is 0 Å². The Kier molecular flexibility index (Phi) is 3.97. The van der Waals surface area contributed by atoms with Crippen molar-refractivity contribution >= 4 is 5.97 Å². The summed E-state index contributed by atoms with van der Waals surface area (Å²) in [7, 11) is 0. The normalized spacial score (nSPS) is 22.7. The molecule has 0 saturated carbocycles. The molecule has 1 aliphatic rings. The Hall–Kier alpha value is -1.42. The molecule has 98 valence electrons. The number of carboxylic acid groups (broad SMARTS) is 1. The molecule has 0 spiro atoms. The molecule has 0 bridgehead atoms. The molecule has 1 fully saturated rings. The van der Waals surface area contributed by atoms with Crippen LogP contribution < -0.4 is 0 Å². The van der Waals surface area contributed by atoms with E-state index in [1.807, 2.05) is 32.0 Å². The molecule has 0 aromatic carbocycles. The first-order chi connectivity index (χ1) is 8.59. The summed E-state index contributed by atoms with van der Waals surface area (Å²) >= 11 is 0. The van der Waals surface area contributed by atoms with Crippen LogP contribution in [0.25, 0.3) is 0 Å². The molecule has 1 saturated heterocycles. The number of nitrogens with zero attached hydrogens (tertiary/aromatic N) is 2. The van der Waals surface area contributed by atoms with Crippen LogP contribution >= 0.6 is 0 Å². The molecule has 1 aliphatic heterocycles. The number of pyridine rings is 1. The quantitative estimate of drug-likeness (QED) is 0.892. The lowest BCUT2D eigenvalue weighted by Crippen LogP contribution is -2.45. The average Bonchev–Trinajstić information content (AvgIpc) is 2.38. The molecule has 2 atom stereocenters. The predicted molar refractivity (Wildman–Crippen MR) is 69.4 cm³/mol. The second kappa shape index (κ2) is 5.48. The van der Waals surface area contributed by atoms with Crippen molar-refractivity contribution in [3.63, 3.8) is 0 Å². The fourth-order valence-corrected chi connectivity index (χ4v) is 2.65. The summed E-state index contributed by atoms with van der Waals surface area (Å²) in [6.07, 6.45) is 2.81. The predicted octanol–water partition coefficient (Wildman–Crippen LogP) is 2.39. The first-order valence-corrected chi connectivity index (χ1v) is 6.51. The monoisotopic (exact) mass is 248 g/mol. The van der Waals surface area contributed by atoms with Crippen LogP contribution in [-0.2, 0) is 4.79 Å². The third-order valence-corrected chi connectivity index (χ3v) is 3.66. The number of aromatic nitrogens is 1. The highest BCUT2D eigenvalue weighted by Gasteiger charge is 2.32. The molecule has 1 aromatic heterocycles. The van der Waals surface area contributed by atoms with Gasteiger partial charge in [-0.3, -0.25) is 14.7 Å². The summed E-state index contributed by atoms with van der Waals surface area (Å²) in [5.41, 5.74) is 1.94. The number of carboxylic acids is 1. The smallest absolute Gasteiger partial charge is 0.320 e. The van der Waals surface area contributed by atoms with E-state index in [1.165, 1.54) is 0 Å². The first-order valence-electron chi connectivity index (χ1n) is 6.51. The molecule has 1 N–H and O–H groups in total. The number of hydrogen-bond donors (Lipinski definition) is 1. The van der Waals surface area contributed by atoms with Gasteiger partial charge in [-0.1, -0.05) is 12.5 Å². The number of piperidine rings is 1. The Morgan fingerprint density at radius 1 is 1.50 bits per heavy atom. The zero-order valence-corrected chi connectivity index (χ0v) is 11.0. The zero-order chi connectivity index (χ0) is 13.1. The Balaban J connectivity index is 2.20. The maximum absolute atomic E-state index is 11.3. The lowest BCUT2D eigenvalue weighted by atomic mass is 9.99. The third-order valence-electron chi connectivity index (χ3n) is 3.66. The van der Waals surface area contributed by atoms with Crippen molar-refractivity contribution in [2.24, 2.45) is 0 Å². The summed E-state index contributed by atoms with van der Waals surface area (Å²) < 4.78 is 0. The van der Waals surface area contributed by atoms with Crippen molar-refractivity contribution in [2.75, 3.05) is 6.54 Å². The minimum Gasteiger partial charge on any atom is -0.480 e. The number of hydrogen-bond acceptors (Lipinski definition) is 3. The van der Waals surface area contributed by atoms with E-state index in [2.05, 4.69) is 9.88 Å². The van der Waals surface area contributed by atoms with Crippen molar-refractivity contribution < 1.29 is 9.90 Å². The molecule has 0 amide bonds. The topological polar surface area (TPSA) is 53.4 Å². The maximum atomic E-state index is 11.3. The maximum Gasteiger partial charge on any atom is 0.320 e. The fourth-order valence-electron chi connectivity index (χ4n) is 2.65. The van der Waals surface area contributed by atoms with E-state index in [4.69, 9.17) is 0 Å². The van der Waals surface area contributed by atoms with E-state index >= 15 is 0 Å². The van der Waals surface area contributed by atoms with E-state index in [9.17, 15) is 9.90 Å². The van der Waals surface area contributed by atoms with Crippen LogP contribution in [-0.4, -0.2) is 33.5 Å². The number of carbonyl (C=O) groups is 1. The molecule has 4 nitrogen and oxygen atoms in total. The third kappa shape index (κ3) is 2.70. The van der Waals surface area contributed by atoms with Gasteiger partial charge < -0.3 is 5.11 Å². The van der Waals surface area contributed by atoms with Gasteiger partial charge in [-0.25, -0.2) is 0 Å². The van der Waals surface area contributed by atoms with Crippen LogP contribution in [0.2, 0.25) is 0 Å². The van der Waals surface area contributed by atoms with E-state index in [1.54, 1.807) is 0 Å². The molecule has 0 aliphatic carbocycles. The van der Waals surface area contributed by atoms with Gasteiger partial charge in [0.25, 0.3) is 0 Å². The molecule has 18 heavy (non-hydrogen) atoms. The highest BCUT2D eigenvalue weighted by atomic mass is 16.4. The van der Waals surface area contributed by atoms with Crippen molar-refractivity contribution in [3.8, 4) is 0 Å². The van der Waals surface area contributed by atoms with E-state index < -0.39 is 5.97 Å². The van der Waals surface area contributed by atoms with Gasteiger partial charge in [-0.2, -0.15) is 0 Å². The number of aryl methyl sites for hydroxylation is 1. The van der Waals surface area contributed by atoms with Gasteiger partial charge in [0.2, 0.25) is 0 Å². The zero-order valence-electron chi connectivity index (χ0n) is 11.0. The lowest BCUT2D eigenvalue weighted by Gasteiger charge is -2.37. The van der Waals surface area contributed by atoms with Crippen LogP contribution in [0.4, 0.5) is 0 Å². The van der Waals surface area contributed by atoms with Gasteiger partial charge in [0.15, 0.2) is 0 Å². The van der Waals surface area contributed by atoms with Crippen molar-refractivity contribution in [1.29, 1.82) is 0 Å². The largest absolute Gasteiger partial charge is 0.480 e. The summed E-state index contributed by atoms with van der Waals surface area (Å²) in [6, 6.07) is 5.61. The molecule has 2 unspecified atom stereocenters. The highest BCUT2D eigenvalue weighted by Crippen LogP contribution is 2.27. The first kappa shape index (κ1) is 13.0. The second-order valence-electron chi connectivity index (χ2n) is 4.97. The summed E-state index contributed by atoms with van der Waals surface area (Å²) in [4.78, 5) is 17.9. The lowest BCUT2D eigenvalue weighted by molar-refractivity contribution is -0.145. The molecule has 2 heterocycles. The Bertz CT molecular complexity index is 434. The van der Waals surface area contributed by atoms with Crippen LogP contribution in [0.3, 0.4) is 0 Å². The molecule has 4 heteroatoms. The Morgan fingerprint density at radius 2 is 2.28 bits per heavy atom. The van der Waals surface area contributed by atoms with Crippen LogP contribution in [0.1, 0.15) is 43.6 Å². The van der Waals surface area contributed by atoms with Gasteiger partial charge in [0.1, 0.15) is 6.04 Å². The van der Waals surface area contributed by atoms with E-state index in [0.29, 0.717) is 0 Å². The van der Waals surface area contributed by atoms with Gasteiger partial charge in [0.05, 0.1) is 11.7 Å². The minimum absolute atomic E-state index is 0.0614. The highest BCUT2D eigenvalue weighted by molar-refractivity contribution is 5.73. The summed E-state index contributed by atoms with van der Waals surface area (Å²) in [5, 5.41) is 9.30. The van der Waals surface area contributed by atoms with Gasteiger partial charge in [-0.05, 0) is 45.4 Å². The molecule has 0 radical (unpaired) electrons. The molecule has 2 rings (SSSR count). The van der Waals surface area contributed by atoms with Crippen LogP contribution in [0.15, 0.2) is 18.2 Å². The van der Waals surface area contributed by atoms with Gasteiger partial charge in [0, 0.05) is 5.69 Å². The van der Waals surface area contributed by atoms with Crippen molar-refractivity contribution in [2.45, 2.75) is 45.2 Å². The second-order valence-corrected chi connectivity index (χ2v) is 4.97. The number of aliphatic carboxylic acids is 1. The van der Waals surface area contributed by atoms with Crippen molar-refractivity contribution in [3.05, 3.63) is 29.6 Å². The summed E-state index contributed by atoms with van der Waals surface area (Å²) in [6.45, 7) is 4.85. The summed E-state index contributed by atoms with van der Waals surface area (Å²) in [5.74, 6) is -0.714. The Labute approximate surface area is 108 Å². The molecular formula is C14H20N2O2. The number of rotatable bonds is 3. The molecular weight excluding hydrogens is 228 g/mol. The van der Waals surface area contributed by atoms with E-state index in [0.717, 1.165) is 37.2 Å². The van der Waals surface area contributed by atoms with Crippen LogP contribution in [0, 0.1) is 6.92 Å². The number of likely N-dealkylation sites (tertiary alicyclic amines) is 1. The average molecular weight is 248 g/mol. The standard InChI is InChI=1S/C14H20N2O2/c1-10-6-5-7-12(15-10)11(2)16-9-4-3-8-13(16)14(17)18/h5-7,11,13H,3-4,8-9H2,1-2H3,(H,17,18). The van der Waals surface area contributed by atoms with E-state index in [-0.39, 0.29) is 12.1 Å². The fraction of sp³-hybridized carbons (Fsp3) is 0.571. The minimum atomic E-state index is -0.714.